The molecule has 1 heterocycles. The van der Waals surface area contributed by atoms with Crippen molar-refractivity contribution in [2.24, 2.45) is 0 Å². The minimum absolute atomic E-state index is 0.130. The normalized spacial score (nSPS) is 11.2. The van der Waals surface area contributed by atoms with Crippen LogP contribution >= 0.6 is 22.9 Å². The van der Waals surface area contributed by atoms with Crippen LogP contribution in [-0.4, -0.2) is 28.0 Å². The highest BCUT2D eigenvalue weighted by molar-refractivity contribution is 7.91. The lowest BCUT2D eigenvalue weighted by atomic mass is 10.3. The summed E-state index contributed by atoms with van der Waals surface area (Å²) >= 11 is 6.86. The second kappa shape index (κ2) is 7.78. The highest BCUT2D eigenvalue weighted by atomic mass is 35.5. The highest BCUT2D eigenvalue weighted by Gasteiger charge is 2.14. The predicted octanol–water partition coefficient (Wildman–Crippen LogP) is 2.00. The molecule has 1 amide bonds. The van der Waals surface area contributed by atoms with Crippen LogP contribution in [0.4, 0.5) is 0 Å². The largest absolute Gasteiger partial charge is 0.484 e. The fourth-order valence-corrected chi connectivity index (χ4v) is 3.87. The first-order valence-corrected chi connectivity index (χ1v) is 9.26. The van der Waals surface area contributed by atoms with Gasteiger partial charge in [-0.25, -0.2) is 13.1 Å². The minimum atomic E-state index is -3.45. The van der Waals surface area contributed by atoms with Gasteiger partial charge in [-0.05, 0) is 43.4 Å². The molecule has 2 aromatic rings. The zero-order chi connectivity index (χ0) is 16.9. The average molecular weight is 375 g/mol. The van der Waals surface area contributed by atoms with E-state index >= 15 is 0 Å². The molecule has 6 nitrogen and oxygen atoms in total. The van der Waals surface area contributed by atoms with E-state index in [0.717, 1.165) is 16.2 Å². The Morgan fingerprint density at radius 3 is 2.57 bits per heavy atom. The first-order chi connectivity index (χ1) is 10.9. The molecule has 1 aromatic heterocycles. The van der Waals surface area contributed by atoms with Crippen molar-refractivity contribution in [2.45, 2.75) is 10.8 Å². The Bertz CT molecular complexity index is 772. The molecule has 0 radical (unpaired) electrons. The van der Waals surface area contributed by atoms with E-state index < -0.39 is 10.0 Å². The first-order valence-electron chi connectivity index (χ1n) is 6.58. The van der Waals surface area contributed by atoms with Gasteiger partial charge in [0.1, 0.15) is 9.96 Å². The van der Waals surface area contributed by atoms with Crippen molar-refractivity contribution < 1.29 is 17.9 Å². The van der Waals surface area contributed by atoms with Crippen LogP contribution < -0.4 is 14.8 Å². The predicted molar refractivity (Wildman–Crippen MR) is 89.4 cm³/mol. The maximum Gasteiger partial charge on any atom is 0.258 e. The molecule has 0 aliphatic carbocycles. The molecule has 124 valence electrons. The van der Waals surface area contributed by atoms with Crippen molar-refractivity contribution in [1.82, 2.24) is 10.0 Å². The fraction of sp³-hybridized carbons (Fsp3) is 0.214. The highest BCUT2D eigenvalue weighted by Crippen LogP contribution is 2.21. The number of benzene rings is 1. The van der Waals surface area contributed by atoms with Gasteiger partial charge in [0.05, 0.1) is 6.54 Å². The van der Waals surface area contributed by atoms with Crippen LogP contribution in [0.25, 0.3) is 0 Å². The van der Waals surface area contributed by atoms with Crippen molar-refractivity contribution in [3.8, 4) is 5.75 Å². The Morgan fingerprint density at radius 1 is 1.22 bits per heavy atom. The van der Waals surface area contributed by atoms with Crippen LogP contribution in [0.2, 0.25) is 5.02 Å². The molecular formula is C14H15ClN2O4S2. The number of carbonyl (C=O) groups is 1. The van der Waals surface area contributed by atoms with Gasteiger partial charge in [-0.3, -0.25) is 4.79 Å². The van der Waals surface area contributed by atoms with Crippen LogP contribution in [0, 0.1) is 0 Å². The Morgan fingerprint density at radius 2 is 1.91 bits per heavy atom. The summed E-state index contributed by atoms with van der Waals surface area (Å²) in [6.45, 7) is 0.112. The quantitative estimate of drug-likeness (QED) is 0.776. The molecule has 0 saturated carbocycles. The lowest BCUT2D eigenvalue weighted by Gasteiger charge is -2.06. The third-order valence-corrected chi connectivity index (χ3v) is 6.06. The van der Waals surface area contributed by atoms with E-state index in [-0.39, 0.29) is 23.3 Å². The van der Waals surface area contributed by atoms with Crippen molar-refractivity contribution in [1.29, 1.82) is 0 Å². The molecular weight excluding hydrogens is 360 g/mol. The van der Waals surface area contributed by atoms with Crippen molar-refractivity contribution in [3.05, 3.63) is 46.3 Å². The summed E-state index contributed by atoms with van der Waals surface area (Å²) in [7, 11) is -2.09. The molecule has 0 unspecified atom stereocenters. The number of halogens is 1. The second-order valence-corrected chi connectivity index (χ2v) is 8.17. The van der Waals surface area contributed by atoms with E-state index in [1.165, 1.54) is 13.1 Å². The molecule has 0 saturated heterocycles. The molecule has 0 atom stereocenters. The molecule has 23 heavy (non-hydrogen) atoms. The number of ether oxygens (including phenoxy) is 1. The zero-order valence-electron chi connectivity index (χ0n) is 12.2. The van der Waals surface area contributed by atoms with Gasteiger partial charge in [-0.2, -0.15) is 0 Å². The summed E-state index contributed by atoms with van der Waals surface area (Å²) in [6, 6.07) is 9.85. The molecule has 2 N–H and O–H groups in total. The van der Waals surface area contributed by atoms with Gasteiger partial charge >= 0.3 is 0 Å². The summed E-state index contributed by atoms with van der Waals surface area (Å²) in [6.07, 6.45) is 0. The summed E-state index contributed by atoms with van der Waals surface area (Å²) in [5, 5.41) is 3.26. The topological polar surface area (TPSA) is 84.5 Å². The van der Waals surface area contributed by atoms with E-state index in [2.05, 4.69) is 10.0 Å². The van der Waals surface area contributed by atoms with E-state index in [1.807, 2.05) is 0 Å². The maximum atomic E-state index is 11.7. The lowest BCUT2D eigenvalue weighted by Crippen LogP contribution is -2.28. The maximum absolute atomic E-state index is 11.7. The first kappa shape index (κ1) is 17.7. The summed E-state index contributed by atoms with van der Waals surface area (Å²) in [5.41, 5.74) is 0. The minimum Gasteiger partial charge on any atom is -0.484 e. The zero-order valence-corrected chi connectivity index (χ0v) is 14.6. The smallest absolute Gasteiger partial charge is 0.258 e. The molecule has 2 rings (SSSR count). The summed E-state index contributed by atoms with van der Waals surface area (Å²) < 4.78 is 31.0. The van der Waals surface area contributed by atoms with Gasteiger partial charge in [0.25, 0.3) is 5.91 Å². The third-order valence-electron chi connectivity index (χ3n) is 2.81. The van der Waals surface area contributed by atoms with Gasteiger partial charge in [0.15, 0.2) is 6.61 Å². The number of hydrogen-bond donors (Lipinski definition) is 2. The van der Waals surface area contributed by atoms with Crippen molar-refractivity contribution >= 4 is 38.9 Å². The van der Waals surface area contributed by atoms with Crippen LogP contribution in [0.1, 0.15) is 4.88 Å². The number of amides is 1. The SMILES string of the molecule is CNS(=O)(=O)c1ccc(CNC(=O)COc2ccc(Cl)cc2)s1. The summed E-state index contributed by atoms with van der Waals surface area (Å²) in [5.74, 6) is 0.245. The van der Waals surface area contributed by atoms with Crippen LogP contribution in [-0.2, 0) is 21.4 Å². The Balaban J connectivity index is 1.81. The van der Waals surface area contributed by atoms with Gasteiger partial charge in [-0.15, -0.1) is 11.3 Å². The van der Waals surface area contributed by atoms with Crippen LogP contribution in [0.15, 0.2) is 40.6 Å². The monoisotopic (exact) mass is 374 g/mol. The fourth-order valence-electron chi connectivity index (χ4n) is 1.61. The number of rotatable bonds is 7. The molecule has 0 aliphatic heterocycles. The molecule has 0 spiro atoms. The lowest BCUT2D eigenvalue weighted by molar-refractivity contribution is -0.123. The molecule has 0 aliphatic rings. The molecule has 0 bridgehead atoms. The van der Waals surface area contributed by atoms with Gasteiger partial charge in [0, 0.05) is 9.90 Å². The van der Waals surface area contributed by atoms with E-state index in [0.29, 0.717) is 10.8 Å². The molecule has 1 aromatic carbocycles. The van der Waals surface area contributed by atoms with E-state index in [4.69, 9.17) is 16.3 Å². The number of carbonyl (C=O) groups excluding carboxylic acids is 1. The number of sulfonamides is 1. The van der Waals surface area contributed by atoms with Gasteiger partial charge in [-0.1, -0.05) is 11.6 Å². The summed E-state index contributed by atoms with van der Waals surface area (Å²) in [4.78, 5) is 12.5. The number of nitrogens with one attached hydrogen (secondary N) is 2. The second-order valence-electron chi connectivity index (χ2n) is 4.45. The van der Waals surface area contributed by atoms with E-state index in [9.17, 15) is 13.2 Å². The van der Waals surface area contributed by atoms with Gasteiger partial charge < -0.3 is 10.1 Å². The van der Waals surface area contributed by atoms with Crippen molar-refractivity contribution in [2.75, 3.05) is 13.7 Å². The Hall–Kier alpha value is -1.61. The third kappa shape index (κ3) is 5.21. The Labute approximate surface area is 143 Å². The standard InChI is InChI=1S/C14H15ClN2O4S2/c1-16-23(19,20)14-7-6-12(22-14)8-17-13(18)9-21-11-4-2-10(15)3-5-11/h2-7,16H,8-9H2,1H3,(H,17,18). The number of thiophene rings is 1. The van der Waals surface area contributed by atoms with Crippen molar-refractivity contribution in [3.63, 3.8) is 0 Å². The van der Waals surface area contributed by atoms with E-state index in [1.54, 1.807) is 30.3 Å². The van der Waals surface area contributed by atoms with Crippen LogP contribution in [0.3, 0.4) is 0 Å². The van der Waals surface area contributed by atoms with Gasteiger partial charge in [0.2, 0.25) is 10.0 Å². The molecule has 0 fully saturated rings. The van der Waals surface area contributed by atoms with Crippen LogP contribution in [0.5, 0.6) is 5.75 Å². The average Bonchev–Trinajstić information content (AvgIpc) is 3.02. The number of hydrogen-bond acceptors (Lipinski definition) is 5. The molecule has 9 heteroatoms. The Kier molecular flexibility index (Phi) is 6.00.